The second-order valence-electron chi connectivity index (χ2n) is 8.79. The standard InChI is InChI=1S/C23H23F3N4O5S/c1-13(2)29-18-11-14(20(31)27-23(3)8-5-9-36(33,34)28-23)10-17(24)19(18)30(22(29)32)15-6-4-7-16(12-15)35-21(25)26/h4-7,9-13,21,28H,8H2,1-3H3,(H,27,31)/t23-/m0/s1. The fraction of sp³-hybridized carbons (Fsp3) is 0.304. The fourth-order valence-electron chi connectivity index (χ4n) is 4.16. The minimum Gasteiger partial charge on any atom is -0.435 e. The first kappa shape index (κ1) is 25.5. The molecule has 192 valence electrons. The Morgan fingerprint density at radius 3 is 2.58 bits per heavy atom. The van der Waals surface area contributed by atoms with Crippen LogP contribution in [0.5, 0.6) is 5.75 Å². The van der Waals surface area contributed by atoms with Gasteiger partial charge in [-0.05, 0) is 45.0 Å². The van der Waals surface area contributed by atoms with Gasteiger partial charge in [0.1, 0.15) is 22.7 Å². The molecular formula is C23H23F3N4O5S. The lowest BCUT2D eigenvalue weighted by Crippen LogP contribution is -2.59. The molecule has 1 amide bonds. The lowest BCUT2D eigenvalue weighted by Gasteiger charge is -2.32. The molecule has 9 nitrogen and oxygen atoms in total. The number of benzene rings is 2. The van der Waals surface area contributed by atoms with E-state index < -0.39 is 45.8 Å². The van der Waals surface area contributed by atoms with Gasteiger partial charge in [-0.2, -0.15) is 13.5 Å². The van der Waals surface area contributed by atoms with Crippen molar-refractivity contribution >= 4 is 27.0 Å². The van der Waals surface area contributed by atoms with Crippen molar-refractivity contribution in [3.8, 4) is 11.4 Å². The van der Waals surface area contributed by atoms with Crippen LogP contribution < -0.4 is 20.5 Å². The number of hydrogen-bond acceptors (Lipinski definition) is 5. The van der Waals surface area contributed by atoms with Gasteiger partial charge in [-0.3, -0.25) is 13.9 Å². The molecule has 2 aromatic carbocycles. The van der Waals surface area contributed by atoms with Gasteiger partial charge in [0.05, 0.1) is 11.2 Å². The Balaban J connectivity index is 1.83. The summed E-state index contributed by atoms with van der Waals surface area (Å²) in [4.78, 5) is 26.3. The number of carbonyl (C=O) groups is 1. The summed E-state index contributed by atoms with van der Waals surface area (Å²) in [7, 11) is -3.75. The molecule has 0 saturated heterocycles. The first-order valence-electron chi connectivity index (χ1n) is 10.8. The van der Waals surface area contributed by atoms with Crippen molar-refractivity contribution in [3.63, 3.8) is 0 Å². The largest absolute Gasteiger partial charge is 0.435 e. The molecular weight excluding hydrogens is 501 g/mol. The van der Waals surface area contributed by atoms with Gasteiger partial charge in [0.25, 0.3) is 5.91 Å². The van der Waals surface area contributed by atoms with Crippen LogP contribution in [0.1, 0.15) is 43.6 Å². The maximum absolute atomic E-state index is 15.5. The molecule has 4 rings (SSSR count). The molecule has 36 heavy (non-hydrogen) atoms. The zero-order chi connectivity index (χ0) is 26.4. The van der Waals surface area contributed by atoms with Gasteiger partial charge in [-0.25, -0.2) is 17.6 Å². The molecule has 0 fully saturated rings. The van der Waals surface area contributed by atoms with Crippen LogP contribution in [0.25, 0.3) is 16.7 Å². The number of rotatable bonds is 6. The second kappa shape index (κ2) is 9.13. The highest BCUT2D eigenvalue weighted by molar-refractivity contribution is 7.92. The Bertz CT molecular complexity index is 1550. The van der Waals surface area contributed by atoms with E-state index in [1.165, 1.54) is 47.9 Å². The number of nitrogens with one attached hydrogen (secondary N) is 2. The SMILES string of the molecule is CC(C)n1c(=O)n(-c2cccc(OC(F)F)c2)c2c(F)cc(C(=O)N[C@]3(C)CC=CS(=O)(=O)N3)cc21. The smallest absolute Gasteiger partial charge is 0.387 e. The molecule has 0 unspecified atom stereocenters. The summed E-state index contributed by atoms with van der Waals surface area (Å²) in [5.41, 5.74) is -2.11. The number of nitrogens with zero attached hydrogens (tertiary/aromatic N) is 2. The van der Waals surface area contributed by atoms with Crippen molar-refractivity contribution in [1.29, 1.82) is 0 Å². The molecule has 0 bridgehead atoms. The molecule has 0 saturated carbocycles. The molecule has 0 spiro atoms. The van der Waals surface area contributed by atoms with E-state index in [-0.39, 0.29) is 34.5 Å². The van der Waals surface area contributed by atoms with Gasteiger partial charge in [0, 0.05) is 29.5 Å². The number of aromatic nitrogens is 2. The van der Waals surface area contributed by atoms with Crippen LogP contribution in [0.3, 0.4) is 0 Å². The summed E-state index contributed by atoms with van der Waals surface area (Å²) >= 11 is 0. The molecule has 1 aromatic heterocycles. The monoisotopic (exact) mass is 524 g/mol. The highest BCUT2D eigenvalue weighted by Crippen LogP contribution is 2.27. The summed E-state index contributed by atoms with van der Waals surface area (Å²) < 4.78 is 73.7. The molecule has 1 atom stereocenters. The number of carbonyl (C=O) groups excluding carboxylic acids is 1. The Morgan fingerprint density at radius 2 is 1.94 bits per heavy atom. The van der Waals surface area contributed by atoms with Gasteiger partial charge < -0.3 is 10.1 Å². The number of halogens is 3. The van der Waals surface area contributed by atoms with E-state index in [1.54, 1.807) is 13.8 Å². The highest BCUT2D eigenvalue weighted by atomic mass is 32.2. The first-order chi connectivity index (χ1) is 16.8. The average Bonchev–Trinajstić information content (AvgIpc) is 3.04. The van der Waals surface area contributed by atoms with Crippen molar-refractivity contribution in [2.24, 2.45) is 0 Å². The van der Waals surface area contributed by atoms with Crippen LogP contribution in [0.2, 0.25) is 0 Å². The molecule has 0 aliphatic carbocycles. The predicted octanol–water partition coefficient (Wildman–Crippen LogP) is 3.40. The van der Waals surface area contributed by atoms with Gasteiger partial charge >= 0.3 is 12.3 Å². The molecule has 1 aliphatic heterocycles. The van der Waals surface area contributed by atoms with Crippen molar-refractivity contribution in [2.75, 3.05) is 0 Å². The topological polar surface area (TPSA) is 111 Å². The molecule has 2 heterocycles. The van der Waals surface area contributed by atoms with Gasteiger partial charge in [0.2, 0.25) is 10.0 Å². The Labute approximate surface area is 204 Å². The minimum absolute atomic E-state index is 0.0922. The number of ether oxygens (including phenoxy) is 1. The summed E-state index contributed by atoms with van der Waals surface area (Å²) in [6.45, 7) is 1.76. The molecule has 0 radical (unpaired) electrons. The lowest BCUT2D eigenvalue weighted by molar-refractivity contribution is -0.0498. The first-order valence-corrected chi connectivity index (χ1v) is 12.4. The van der Waals surface area contributed by atoms with Gasteiger partial charge in [0.15, 0.2) is 0 Å². The third kappa shape index (κ3) is 4.88. The zero-order valence-electron chi connectivity index (χ0n) is 19.5. The summed E-state index contributed by atoms with van der Waals surface area (Å²) in [6, 6.07) is 7.08. The average molecular weight is 525 g/mol. The third-order valence-corrected chi connectivity index (χ3v) is 6.85. The van der Waals surface area contributed by atoms with E-state index in [1.807, 2.05) is 0 Å². The van der Waals surface area contributed by atoms with E-state index in [9.17, 15) is 26.8 Å². The molecule has 2 N–H and O–H groups in total. The maximum Gasteiger partial charge on any atom is 0.387 e. The van der Waals surface area contributed by atoms with E-state index in [0.717, 1.165) is 16.0 Å². The number of sulfonamides is 1. The zero-order valence-corrected chi connectivity index (χ0v) is 20.3. The van der Waals surface area contributed by atoms with Crippen LogP contribution >= 0.6 is 0 Å². The Hall–Kier alpha value is -3.58. The summed E-state index contributed by atoms with van der Waals surface area (Å²) in [6.07, 6.45) is 1.55. The predicted molar refractivity (Wildman–Crippen MR) is 126 cm³/mol. The number of fused-ring (bicyclic) bond motifs is 1. The second-order valence-corrected chi connectivity index (χ2v) is 10.4. The van der Waals surface area contributed by atoms with Crippen molar-refractivity contribution in [2.45, 2.75) is 45.5 Å². The maximum atomic E-state index is 15.5. The third-order valence-electron chi connectivity index (χ3n) is 5.56. The van der Waals surface area contributed by atoms with Crippen molar-refractivity contribution in [3.05, 3.63) is 69.7 Å². The molecule has 3 aromatic rings. The molecule has 1 aliphatic rings. The Kier molecular flexibility index (Phi) is 6.47. The van der Waals surface area contributed by atoms with E-state index in [0.29, 0.717) is 0 Å². The lowest BCUT2D eigenvalue weighted by atomic mass is 10.1. The summed E-state index contributed by atoms with van der Waals surface area (Å²) in [5, 5.41) is 3.54. The van der Waals surface area contributed by atoms with Crippen LogP contribution in [0.15, 0.2) is 52.7 Å². The van der Waals surface area contributed by atoms with Crippen LogP contribution in [0, 0.1) is 5.82 Å². The van der Waals surface area contributed by atoms with Crippen LogP contribution in [-0.2, 0) is 10.0 Å². The van der Waals surface area contributed by atoms with E-state index in [2.05, 4.69) is 14.8 Å². The number of hydrogen-bond donors (Lipinski definition) is 2. The number of alkyl halides is 2. The van der Waals surface area contributed by atoms with Crippen molar-refractivity contribution < 1.29 is 31.1 Å². The van der Waals surface area contributed by atoms with Crippen molar-refractivity contribution in [1.82, 2.24) is 19.2 Å². The summed E-state index contributed by atoms with van der Waals surface area (Å²) in [5.74, 6) is -1.89. The van der Waals surface area contributed by atoms with Gasteiger partial charge in [-0.15, -0.1) is 0 Å². The Morgan fingerprint density at radius 1 is 1.22 bits per heavy atom. The van der Waals surface area contributed by atoms with E-state index in [4.69, 9.17) is 0 Å². The quantitative estimate of drug-likeness (QED) is 0.514. The number of amides is 1. The number of imidazole rings is 1. The fourth-order valence-corrected chi connectivity index (χ4v) is 5.34. The normalized spacial score (nSPS) is 19.2. The van der Waals surface area contributed by atoms with Gasteiger partial charge in [-0.1, -0.05) is 12.1 Å². The van der Waals surface area contributed by atoms with Crippen LogP contribution in [0.4, 0.5) is 13.2 Å². The van der Waals surface area contributed by atoms with E-state index >= 15 is 4.39 Å². The van der Waals surface area contributed by atoms with Crippen LogP contribution in [-0.4, -0.2) is 35.7 Å². The minimum atomic E-state index is -3.75. The highest BCUT2D eigenvalue weighted by Gasteiger charge is 2.33. The molecule has 13 heteroatoms.